The zero-order chi connectivity index (χ0) is 13.1. The van der Waals surface area contributed by atoms with Crippen molar-refractivity contribution in [1.82, 2.24) is 0 Å². The van der Waals surface area contributed by atoms with Crippen LogP contribution in [0.2, 0.25) is 5.02 Å². The average Bonchev–Trinajstić information content (AvgIpc) is 2.34. The van der Waals surface area contributed by atoms with Crippen LogP contribution in [0.1, 0.15) is 36.5 Å². The number of halogens is 2. The Kier molecular flexibility index (Phi) is 4.47. The topological polar surface area (TPSA) is 0 Å². The molecule has 0 unspecified atom stereocenters. The summed E-state index contributed by atoms with van der Waals surface area (Å²) in [6.45, 7) is 4.42. The second-order valence-corrected chi connectivity index (χ2v) is 6.13. The molecule has 2 aromatic rings. The van der Waals surface area contributed by atoms with Crippen molar-refractivity contribution in [2.24, 2.45) is 0 Å². The van der Waals surface area contributed by atoms with Gasteiger partial charge in [-0.25, -0.2) is 0 Å². The van der Waals surface area contributed by atoms with Crippen LogP contribution >= 0.6 is 27.5 Å². The molecule has 2 heteroatoms. The number of hydrogen-bond acceptors (Lipinski definition) is 0. The molecule has 0 nitrogen and oxygen atoms in total. The lowest BCUT2D eigenvalue weighted by molar-refractivity contribution is 0.865. The number of rotatable bonds is 3. The lowest BCUT2D eigenvalue weighted by Crippen LogP contribution is -1.92. The monoisotopic (exact) mass is 322 g/mol. The van der Waals surface area contributed by atoms with Gasteiger partial charge < -0.3 is 0 Å². The molecule has 0 atom stereocenters. The first-order valence-corrected chi connectivity index (χ1v) is 7.26. The third-order valence-electron chi connectivity index (χ3n) is 3.05. The fraction of sp³-hybridized carbons (Fsp3) is 0.250. The van der Waals surface area contributed by atoms with E-state index in [0.29, 0.717) is 5.92 Å². The lowest BCUT2D eigenvalue weighted by atomic mass is 9.99. The summed E-state index contributed by atoms with van der Waals surface area (Å²) >= 11 is 9.69. The van der Waals surface area contributed by atoms with E-state index in [-0.39, 0.29) is 0 Å². The Balaban J connectivity index is 2.21. The molecule has 0 aliphatic heterocycles. The summed E-state index contributed by atoms with van der Waals surface area (Å²) in [5, 5.41) is 0.825. The number of benzene rings is 2. The van der Waals surface area contributed by atoms with E-state index < -0.39 is 0 Å². The standard InChI is InChI=1S/C16H16BrCl/c1-11(2)13-5-3-12(4-6-13)9-14-10-15(17)7-8-16(14)18/h3-8,10-11H,9H2,1-2H3. The van der Waals surface area contributed by atoms with E-state index in [2.05, 4.69) is 60.1 Å². The molecule has 0 heterocycles. The van der Waals surface area contributed by atoms with E-state index >= 15 is 0 Å². The summed E-state index contributed by atoms with van der Waals surface area (Å²) in [4.78, 5) is 0. The van der Waals surface area contributed by atoms with Gasteiger partial charge in [0.25, 0.3) is 0 Å². The molecule has 0 aromatic heterocycles. The van der Waals surface area contributed by atoms with Gasteiger partial charge in [-0.3, -0.25) is 0 Å². The quantitative estimate of drug-likeness (QED) is 0.668. The SMILES string of the molecule is CC(C)c1ccc(Cc2cc(Br)ccc2Cl)cc1. The Morgan fingerprint density at radius 3 is 2.33 bits per heavy atom. The smallest absolute Gasteiger partial charge is 0.0442 e. The normalized spacial score (nSPS) is 10.9. The maximum Gasteiger partial charge on any atom is 0.0442 e. The van der Waals surface area contributed by atoms with E-state index in [1.54, 1.807) is 0 Å². The summed E-state index contributed by atoms with van der Waals surface area (Å²) in [5.41, 5.74) is 3.82. The lowest BCUT2D eigenvalue weighted by Gasteiger charge is -2.08. The fourth-order valence-electron chi connectivity index (χ4n) is 1.92. The summed E-state index contributed by atoms with van der Waals surface area (Å²) in [6.07, 6.45) is 0.872. The summed E-state index contributed by atoms with van der Waals surface area (Å²) in [5.74, 6) is 0.577. The number of hydrogen-bond donors (Lipinski definition) is 0. The highest BCUT2D eigenvalue weighted by atomic mass is 79.9. The molecule has 0 saturated carbocycles. The van der Waals surface area contributed by atoms with Crippen LogP contribution in [-0.2, 0) is 6.42 Å². The summed E-state index contributed by atoms with van der Waals surface area (Å²) < 4.78 is 1.07. The van der Waals surface area contributed by atoms with Crippen molar-refractivity contribution in [2.75, 3.05) is 0 Å². The molecule has 0 amide bonds. The van der Waals surface area contributed by atoms with Gasteiger partial charge in [-0.15, -0.1) is 0 Å². The maximum absolute atomic E-state index is 6.21. The minimum Gasteiger partial charge on any atom is -0.0840 e. The molecular weight excluding hydrogens is 308 g/mol. The molecule has 0 bridgehead atoms. The third kappa shape index (κ3) is 3.37. The largest absolute Gasteiger partial charge is 0.0840 e. The molecule has 0 saturated heterocycles. The predicted molar refractivity (Wildman–Crippen MR) is 82.5 cm³/mol. The second kappa shape index (κ2) is 5.90. The van der Waals surface area contributed by atoms with E-state index in [9.17, 15) is 0 Å². The van der Waals surface area contributed by atoms with Crippen LogP contribution in [0.25, 0.3) is 0 Å². The Morgan fingerprint density at radius 2 is 1.72 bits per heavy atom. The molecular formula is C16H16BrCl. The Morgan fingerprint density at radius 1 is 1.06 bits per heavy atom. The summed E-state index contributed by atoms with van der Waals surface area (Å²) in [6, 6.07) is 14.8. The van der Waals surface area contributed by atoms with Gasteiger partial charge in [-0.1, -0.05) is 65.6 Å². The summed E-state index contributed by atoms with van der Waals surface area (Å²) in [7, 11) is 0. The van der Waals surface area contributed by atoms with Crippen molar-refractivity contribution in [3.63, 3.8) is 0 Å². The molecule has 0 N–H and O–H groups in total. The Bertz CT molecular complexity index is 529. The van der Waals surface area contributed by atoms with Crippen LogP contribution in [0.4, 0.5) is 0 Å². The second-order valence-electron chi connectivity index (χ2n) is 4.81. The fourth-order valence-corrected chi connectivity index (χ4v) is 2.51. The minimum absolute atomic E-state index is 0.577. The van der Waals surface area contributed by atoms with Gasteiger partial charge in [0.15, 0.2) is 0 Å². The van der Waals surface area contributed by atoms with Crippen LogP contribution in [0.3, 0.4) is 0 Å². The van der Waals surface area contributed by atoms with Crippen molar-refractivity contribution in [3.05, 3.63) is 68.7 Å². The Labute approximate surface area is 122 Å². The Hall–Kier alpha value is -0.790. The van der Waals surface area contributed by atoms with Crippen LogP contribution in [0.5, 0.6) is 0 Å². The highest BCUT2D eigenvalue weighted by Crippen LogP contribution is 2.24. The van der Waals surface area contributed by atoms with Crippen molar-refractivity contribution in [2.45, 2.75) is 26.2 Å². The molecule has 0 fully saturated rings. The third-order valence-corrected chi connectivity index (χ3v) is 3.91. The zero-order valence-corrected chi connectivity index (χ0v) is 12.9. The molecule has 2 aromatic carbocycles. The molecule has 0 spiro atoms. The highest BCUT2D eigenvalue weighted by molar-refractivity contribution is 9.10. The van der Waals surface area contributed by atoms with Crippen molar-refractivity contribution < 1.29 is 0 Å². The van der Waals surface area contributed by atoms with Gasteiger partial charge in [0.05, 0.1) is 0 Å². The van der Waals surface area contributed by atoms with Crippen LogP contribution in [0.15, 0.2) is 46.9 Å². The predicted octanol–water partition coefficient (Wildman–Crippen LogP) is 5.82. The van der Waals surface area contributed by atoms with Gasteiger partial charge >= 0.3 is 0 Å². The first kappa shape index (κ1) is 13.6. The zero-order valence-electron chi connectivity index (χ0n) is 10.6. The van der Waals surface area contributed by atoms with Crippen LogP contribution in [0, 0.1) is 0 Å². The van der Waals surface area contributed by atoms with Gasteiger partial charge in [0.1, 0.15) is 0 Å². The molecule has 2 rings (SSSR count). The molecule has 0 radical (unpaired) electrons. The molecule has 18 heavy (non-hydrogen) atoms. The van der Waals surface area contributed by atoms with E-state index in [1.807, 2.05) is 12.1 Å². The van der Waals surface area contributed by atoms with Crippen LogP contribution < -0.4 is 0 Å². The van der Waals surface area contributed by atoms with Gasteiger partial charge in [0, 0.05) is 9.50 Å². The average molecular weight is 324 g/mol. The van der Waals surface area contributed by atoms with Gasteiger partial charge in [-0.2, -0.15) is 0 Å². The van der Waals surface area contributed by atoms with Crippen molar-refractivity contribution in [3.8, 4) is 0 Å². The highest BCUT2D eigenvalue weighted by Gasteiger charge is 2.04. The maximum atomic E-state index is 6.21. The van der Waals surface area contributed by atoms with E-state index in [0.717, 1.165) is 21.5 Å². The first-order valence-electron chi connectivity index (χ1n) is 6.09. The minimum atomic E-state index is 0.577. The van der Waals surface area contributed by atoms with E-state index in [1.165, 1.54) is 11.1 Å². The molecule has 0 aliphatic carbocycles. The van der Waals surface area contributed by atoms with Crippen molar-refractivity contribution >= 4 is 27.5 Å². The van der Waals surface area contributed by atoms with Gasteiger partial charge in [-0.05, 0) is 47.2 Å². The molecule has 94 valence electrons. The van der Waals surface area contributed by atoms with Crippen molar-refractivity contribution in [1.29, 1.82) is 0 Å². The first-order chi connectivity index (χ1) is 8.56. The van der Waals surface area contributed by atoms with E-state index in [4.69, 9.17) is 11.6 Å². The van der Waals surface area contributed by atoms with Crippen LogP contribution in [-0.4, -0.2) is 0 Å². The van der Waals surface area contributed by atoms with Gasteiger partial charge in [0.2, 0.25) is 0 Å². The molecule has 0 aliphatic rings.